The number of aliphatic hydroxyl groups excluding tert-OH is 1. The second kappa shape index (κ2) is 5.02. The summed E-state index contributed by atoms with van der Waals surface area (Å²) in [5.74, 6) is 0. The van der Waals surface area contributed by atoms with Crippen LogP contribution in [-0.2, 0) is 0 Å². The molecule has 1 atom stereocenters. The minimum Gasteiger partial charge on any atom is -0.382 e. The van der Waals surface area contributed by atoms with Gasteiger partial charge in [-0.3, -0.25) is 4.98 Å². The Hall–Kier alpha value is -2.26. The fraction of sp³-hybridized carbons (Fsp3) is 0.176. The van der Waals surface area contributed by atoms with Crippen LogP contribution in [0.2, 0.25) is 0 Å². The molecule has 1 unspecified atom stereocenters. The van der Waals surface area contributed by atoms with Crippen molar-refractivity contribution in [2.24, 2.45) is 0 Å². The van der Waals surface area contributed by atoms with Gasteiger partial charge in [-0.05, 0) is 43.2 Å². The van der Waals surface area contributed by atoms with Crippen molar-refractivity contribution in [3.05, 3.63) is 71.2 Å². The van der Waals surface area contributed by atoms with Crippen molar-refractivity contribution in [1.29, 1.82) is 0 Å². The summed E-state index contributed by atoms with van der Waals surface area (Å²) in [5, 5.41) is 11.7. The summed E-state index contributed by atoms with van der Waals surface area (Å²) in [4.78, 5) is 8.66. The van der Waals surface area contributed by atoms with E-state index in [-0.39, 0.29) is 0 Å². The zero-order valence-electron chi connectivity index (χ0n) is 11.5. The molecule has 20 heavy (non-hydrogen) atoms. The summed E-state index contributed by atoms with van der Waals surface area (Å²) in [6, 6.07) is 11.8. The van der Waals surface area contributed by atoms with Crippen molar-refractivity contribution in [3.63, 3.8) is 0 Å². The predicted octanol–water partition coefficient (Wildman–Crippen LogP) is 3.33. The van der Waals surface area contributed by atoms with Gasteiger partial charge in [0.15, 0.2) is 0 Å². The van der Waals surface area contributed by atoms with Gasteiger partial charge in [0, 0.05) is 23.3 Å². The van der Waals surface area contributed by atoms with Gasteiger partial charge in [0.25, 0.3) is 0 Å². The van der Waals surface area contributed by atoms with Gasteiger partial charge in [0.2, 0.25) is 0 Å². The van der Waals surface area contributed by atoms with E-state index in [0.717, 1.165) is 27.6 Å². The molecule has 2 heterocycles. The zero-order chi connectivity index (χ0) is 14.1. The SMILES string of the molecule is Cc1ccncc1C(O)c1cc(C)c2ccccc2n1. The number of rotatable bonds is 2. The Labute approximate surface area is 117 Å². The Morgan fingerprint density at radius 2 is 1.85 bits per heavy atom. The monoisotopic (exact) mass is 264 g/mol. The quantitative estimate of drug-likeness (QED) is 0.772. The van der Waals surface area contributed by atoms with E-state index in [2.05, 4.69) is 9.97 Å². The average Bonchev–Trinajstić information content (AvgIpc) is 2.47. The second-order valence-electron chi connectivity index (χ2n) is 5.02. The maximum absolute atomic E-state index is 10.6. The minimum atomic E-state index is -0.744. The molecular weight excluding hydrogens is 248 g/mol. The fourth-order valence-electron chi connectivity index (χ4n) is 2.44. The largest absolute Gasteiger partial charge is 0.382 e. The smallest absolute Gasteiger partial charge is 0.123 e. The number of aromatic nitrogens is 2. The van der Waals surface area contributed by atoms with E-state index < -0.39 is 6.10 Å². The molecule has 0 fully saturated rings. The lowest BCUT2D eigenvalue weighted by Gasteiger charge is -2.14. The summed E-state index contributed by atoms with van der Waals surface area (Å²) in [5.41, 5.74) is 4.50. The molecule has 0 radical (unpaired) electrons. The van der Waals surface area contributed by atoms with Crippen LogP contribution < -0.4 is 0 Å². The van der Waals surface area contributed by atoms with Crippen LogP contribution in [0.5, 0.6) is 0 Å². The minimum absolute atomic E-state index is 0.664. The van der Waals surface area contributed by atoms with Crippen LogP contribution in [0.1, 0.15) is 28.5 Å². The highest BCUT2D eigenvalue weighted by Gasteiger charge is 2.15. The molecule has 3 aromatic rings. The maximum atomic E-state index is 10.6. The standard InChI is InChI=1S/C17H16N2O/c1-11-7-8-18-10-14(11)17(20)16-9-12(2)13-5-3-4-6-15(13)19-16/h3-10,17,20H,1-2H3. The van der Waals surface area contributed by atoms with Gasteiger partial charge in [-0.15, -0.1) is 0 Å². The number of pyridine rings is 2. The lowest BCUT2D eigenvalue weighted by atomic mass is 10.0. The van der Waals surface area contributed by atoms with Gasteiger partial charge in [-0.25, -0.2) is 4.98 Å². The van der Waals surface area contributed by atoms with Crippen LogP contribution in [-0.4, -0.2) is 15.1 Å². The molecule has 0 aliphatic rings. The summed E-state index contributed by atoms with van der Waals surface area (Å²) in [6.45, 7) is 4.00. The van der Waals surface area contributed by atoms with E-state index in [1.807, 2.05) is 50.2 Å². The van der Waals surface area contributed by atoms with Crippen molar-refractivity contribution in [1.82, 2.24) is 9.97 Å². The molecule has 0 amide bonds. The molecule has 100 valence electrons. The van der Waals surface area contributed by atoms with Crippen LogP contribution >= 0.6 is 0 Å². The molecule has 0 saturated carbocycles. The van der Waals surface area contributed by atoms with Gasteiger partial charge in [0.05, 0.1) is 11.2 Å². The fourth-order valence-corrected chi connectivity index (χ4v) is 2.44. The number of benzene rings is 1. The lowest BCUT2D eigenvalue weighted by molar-refractivity contribution is 0.214. The van der Waals surface area contributed by atoms with Crippen LogP contribution in [0, 0.1) is 13.8 Å². The Morgan fingerprint density at radius 3 is 2.65 bits per heavy atom. The van der Waals surface area contributed by atoms with E-state index in [1.165, 1.54) is 0 Å². The molecule has 0 aliphatic carbocycles. The van der Waals surface area contributed by atoms with Gasteiger partial charge in [-0.1, -0.05) is 18.2 Å². The molecule has 2 aromatic heterocycles. The van der Waals surface area contributed by atoms with Crippen molar-refractivity contribution in [2.75, 3.05) is 0 Å². The molecular formula is C17H16N2O. The molecule has 0 spiro atoms. The van der Waals surface area contributed by atoms with E-state index in [0.29, 0.717) is 5.69 Å². The molecule has 1 N–H and O–H groups in total. The summed E-state index contributed by atoms with van der Waals surface area (Å²) < 4.78 is 0. The molecule has 0 aliphatic heterocycles. The third kappa shape index (κ3) is 2.17. The number of nitrogens with zero attached hydrogens (tertiary/aromatic N) is 2. The lowest BCUT2D eigenvalue weighted by Crippen LogP contribution is -2.05. The second-order valence-corrected chi connectivity index (χ2v) is 5.02. The highest BCUT2D eigenvalue weighted by Crippen LogP contribution is 2.26. The number of hydrogen-bond donors (Lipinski definition) is 1. The van der Waals surface area contributed by atoms with Crippen LogP contribution in [0.25, 0.3) is 10.9 Å². The normalized spacial score (nSPS) is 12.6. The first-order chi connectivity index (χ1) is 9.66. The topological polar surface area (TPSA) is 46.0 Å². The first-order valence-corrected chi connectivity index (χ1v) is 6.61. The van der Waals surface area contributed by atoms with E-state index in [1.54, 1.807) is 12.4 Å². The highest BCUT2D eigenvalue weighted by atomic mass is 16.3. The van der Waals surface area contributed by atoms with Gasteiger partial charge < -0.3 is 5.11 Å². The first kappa shape index (κ1) is 12.8. The molecule has 1 aromatic carbocycles. The maximum Gasteiger partial charge on any atom is 0.123 e. The van der Waals surface area contributed by atoms with Gasteiger partial charge in [-0.2, -0.15) is 0 Å². The molecule has 3 rings (SSSR count). The predicted molar refractivity (Wildman–Crippen MR) is 79.5 cm³/mol. The summed E-state index contributed by atoms with van der Waals surface area (Å²) in [7, 11) is 0. The highest BCUT2D eigenvalue weighted by molar-refractivity contribution is 5.82. The van der Waals surface area contributed by atoms with Crippen LogP contribution in [0.4, 0.5) is 0 Å². The third-order valence-corrected chi connectivity index (χ3v) is 3.60. The number of aliphatic hydroxyl groups is 1. The summed E-state index contributed by atoms with van der Waals surface area (Å²) in [6.07, 6.45) is 2.68. The van der Waals surface area contributed by atoms with Gasteiger partial charge in [0.1, 0.15) is 6.10 Å². The Bertz CT molecular complexity index is 768. The molecule has 3 heteroatoms. The van der Waals surface area contributed by atoms with Crippen molar-refractivity contribution >= 4 is 10.9 Å². The van der Waals surface area contributed by atoms with Crippen molar-refractivity contribution < 1.29 is 5.11 Å². The first-order valence-electron chi connectivity index (χ1n) is 6.61. The van der Waals surface area contributed by atoms with E-state index >= 15 is 0 Å². The zero-order valence-corrected chi connectivity index (χ0v) is 11.5. The third-order valence-electron chi connectivity index (χ3n) is 3.60. The van der Waals surface area contributed by atoms with E-state index in [9.17, 15) is 5.11 Å². The molecule has 3 nitrogen and oxygen atoms in total. The number of hydrogen-bond acceptors (Lipinski definition) is 3. The average molecular weight is 264 g/mol. The number of fused-ring (bicyclic) bond motifs is 1. The van der Waals surface area contributed by atoms with Crippen LogP contribution in [0.15, 0.2) is 48.8 Å². The van der Waals surface area contributed by atoms with Gasteiger partial charge >= 0.3 is 0 Å². The van der Waals surface area contributed by atoms with Crippen molar-refractivity contribution in [2.45, 2.75) is 20.0 Å². The van der Waals surface area contributed by atoms with Crippen LogP contribution in [0.3, 0.4) is 0 Å². The Kier molecular flexibility index (Phi) is 3.20. The summed E-state index contributed by atoms with van der Waals surface area (Å²) >= 11 is 0. The molecule has 0 saturated heterocycles. The number of para-hydroxylation sites is 1. The molecule has 0 bridgehead atoms. The van der Waals surface area contributed by atoms with E-state index in [4.69, 9.17) is 0 Å². The Balaban J connectivity index is 2.13. The van der Waals surface area contributed by atoms with Crippen molar-refractivity contribution in [3.8, 4) is 0 Å². The Morgan fingerprint density at radius 1 is 1.05 bits per heavy atom. The number of aryl methyl sites for hydroxylation is 2.